The van der Waals surface area contributed by atoms with E-state index in [9.17, 15) is 14.7 Å². The molecule has 3 rings (SSSR count). The Labute approximate surface area is 192 Å². The van der Waals surface area contributed by atoms with E-state index in [0.29, 0.717) is 27.0 Å². The number of rotatable bonds is 9. The van der Waals surface area contributed by atoms with Crippen LogP contribution < -0.4 is 9.64 Å². The summed E-state index contributed by atoms with van der Waals surface area (Å²) in [6.45, 7) is 3.91. The molecule has 1 fully saturated rings. The molecule has 1 atom stereocenters. The number of carboxylic acid groups (broad SMARTS) is 1. The highest BCUT2D eigenvalue weighted by atomic mass is 32.2. The molecule has 1 heterocycles. The standard InChI is InChI=1S/C24H25NO4S2/c1-3-5-8-16-11-13-18(14-12-16)25-22(26)21(31-24(25)30)15-17-9-6-7-10-20(17)29-19(4-2)23(27)28/h6-7,9-15,19H,3-5,8H2,1-2H3,(H,27,28)/b21-15+. The molecule has 5 nitrogen and oxygen atoms in total. The molecule has 7 heteroatoms. The van der Waals surface area contributed by atoms with Gasteiger partial charge in [-0.1, -0.05) is 74.6 Å². The number of nitrogens with zero attached hydrogens (tertiary/aromatic N) is 1. The summed E-state index contributed by atoms with van der Waals surface area (Å²) in [5.41, 5.74) is 2.62. The Morgan fingerprint density at radius 3 is 2.55 bits per heavy atom. The molecule has 0 spiro atoms. The van der Waals surface area contributed by atoms with Gasteiger partial charge in [0.15, 0.2) is 10.4 Å². The number of aliphatic carboxylic acids is 1. The van der Waals surface area contributed by atoms with E-state index < -0.39 is 12.1 Å². The van der Waals surface area contributed by atoms with E-state index >= 15 is 0 Å². The summed E-state index contributed by atoms with van der Waals surface area (Å²) in [4.78, 5) is 26.4. The monoisotopic (exact) mass is 455 g/mol. The average Bonchev–Trinajstić information content (AvgIpc) is 3.04. The van der Waals surface area contributed by atoms with Gasteiger partial charge in [0.05, 0.1) is 10.6 Å². The molecule has 0 saturated carbocycles. The number of thioether (sulfide) groups is 1. The van der Waals surface area contributed by atoms with Gasteiger partial charge in [0.1, 0.15) is 5.75 Å². The summed E-state index contributed by atoms with van der Waals surface area (Å²) < 4.78 is 6.14. The van der Waals surface area contributed by atoms with Crippen LogP contribution in [-0.2, 0) is 16.0 Å². The topological polar surface area (TPSA) is 66.8 Å². The van der Waals surface area contributed by atoms with Crippen LogP contribution in [0.4, 0.5) is 5.69 Å². The summed E-state index contributed by atoms with van der Waals surface area (Å²) in [6.07, 6.45) is 4.37. The SMILES string of the molecule is CCCCc1ccc(N2C(=O)/C(=C\c3ccccc3OC(CC)C(=O)O)SC2=S)cc1. The summed E-state index contributed by atoms with van der Waals surface area (Å²) in [7, 11) is 0. The lowest BCUT2D eigenvalue weighted by molar-refractivity contribution is -0.145. The predicted octanol–water partition coefficient (Wildman–Crippen LogP) is 5.68. The van der Waals surface area contributed by atoms with Crippen LogP contribution >= 0.6 is 24.0 Å². The minimum absolute atomic E-state index is 0.198. The molecule has 0 aliphatic carbocycles. The normalized spacial score (nSPS) is 16.1. The van der Waals surface area contributed by atoms with Crippen LogP contribution in [0.25, 0.3) is 6.08 Å². The van der Waals surface area contributed by atoms with Crippen LogP contribution in [0.3, 0.4) is 0 Å². The minimum atomic E-state index is -1.02. The first-order chi connectivity index (χ1) is 14.9. The molecule has 31 heavy (non-hydrogen) atoms. The van der Waals surface area contributed by atoms with Crippen molar-refractivity contribution in [2.45, 2.75) is 45.6 Å². The van der Waals surface area contributed by atoms with E-state index in [1.165, 1.54) is 22.2 Å². The van der Waals surface area contributed by atoms with E-state index in [1.54, 1.807) is 31.2 Å². The van der Waals surface area contributed by atoms with Crippen molar-refractivity contribution >= 4 is 51.9 Å². The second kappa shape index (κ2) is 10.6. The zero-order valence-electron chi connectivity index (χ0n) is 17.5. The number of carboxylic acids is 1. The smallest absolute Gasteiger partial charge is 0.344 e. The highest BCUT2D eigenvalue weighted by molar-refractivity contribution is 8.27. The van der Waals surface area contributed by atoms with E-state index in [4.69, 9.17) is 17.0 Å². The van der Waals surface area contributed by atoms with Gasteiger partial charge < -0.3 is 9.84 Å². The number of hydrogen-bond donors (Lipinski definition) is 1. The summed E-state index contributed by atoms with van der Waals surface area (Å²) >= 11 is 6.70. The van der Waals surface area contributed by atoms with Gasteiger partial charge in [-0.05, 0) is 49.1 Å². The number of carbonyl (C=O) groups is 2. The van der Waals surface area contributed by atoms with Crippen molar-refractivity contribution in [1.29, 1.82) is 0 Å². The van der Waals surface area contributed by atoms with Crippen LogP contribution in [0, 0.1) is 0 Å². The van der Waals surface area contributed by atoms with E-state index in [2.05, 4.69) is 6.92 Å². The van der Waals surface area contributed by atoms with E-state index in [-0.39, 0.29) is 5.91 Å². The van der Waals surface area contributed by atoms with Crippen LogP contribution in [0.5, 0.6) is 5.75 Å². The maximum atomic E-state index is 13.1. The molecule has 1 amide bonds. The maximum absolute atomic E-state index is 13.1. The zero-order chi connectivity index (χ0) is 22.4. The molecule has 0 radical (unpaired) electrons. The predicted molar refractivity (Wildman–Crippen MR) is 129 cm³/mol. The third-order valence-electron chi connectivity index (χ3n) is 4.93. The summed E-state index contributed by atoms with van der Waals surface area (Å²) in [5, 5.41) is 9.29. The van der Waals surface area contributed by atoms with Gasteiger partial charge in [0.2, 0.25) is 0 Å². The van der Waals surface area contributed by atoms with Crippen molar-refractivity contribution in [3.63, 3.8) is 0 Å². The fourth-order valence-electron chi connectivity index (χ4n) is 3.19. The van der Waals surface area contributed by atoms with Crippen LogP contribution in [0.2, 0.25) is 0 Å². The second-order valence-corrected chi connectivity index (χ2v) is 8.85. The quantitative estimate of drug-likeness (QED) is 0.388. The fourth-order valence-corrected chi connectivity index (χ4v) is 4.48. The molecule has 162 valence electrons. The fraction of sp³-hybridized carbons (Fsp3) is 0.292. The Morgan fingerprint density at radius 1 is 1.19 bits per heavy atom. The van der Waals surface area contributed by atoms with Crippen LogP contribution in [0.15, 0.2) is 53.4 Å². The van der Waals surface area contributed by atoms with E-state index in [1.807, 2.05) is 30.3 Å². The minimum Gasteiger partial charge on any atom is -0.479 e. The number of aryl methyl sites for hydroxylation is 1. The highest BCUT2D eigenvalue weighted by Crippen LogP contribution is 2.37. The van der Waals surface area contributed by atoms with Gasteiger partial charge >= 0.3 is 5.97 Å². The lowest BCUT2D eigenvalue weighted by Gasteiger charge is -2.16. The number of hydrogen-bond acceptors (Lipinski definition) is 5. The first-order valence-corrected chi connectivity index (χ1v) is 11.5. The second-order valence-electron chi connectivity index (χ2n) is 7.18. The Kier molecular flexibility index (Phi) is 7.87. The summed E-state index contributed by atoms with van der Waals surface area (Å²) in [5.74, 6) is -0.801. The molecule has 0 bridgehead atoms. The van der Waals surface area contributed by atoms with Gasteiger partial charge in [-0.2, -0.15) is 0 Å². The van der Waals surface area contributed by atoms with Crippen molar-refractivity contribution in [2.24, 2.45) is 0 Å². The first-order valence-electron chi connectivity index (χ1n) is 10.3. The average molecular weight is 456 g/mol. The number of carbonyl (C=O) groups excluding carboxylic acids is 1. The van der Waals surface area contributed by atoms with Crippen LogP contribution in [0.1, 0.15) is 44.2 Å². The van der Waals surface area contributed by atoms with Crippen molar-refractivity contribution in [1.82, 2.24) is 0 Å². The molecular formula is C24H25NO4S2. The molecule has 0 aromatic heterocycles. The lowest BCUT2D eigenvalue weighted by Crippen LogP contribution is -2.27. The van der Waals surface area contributed by atoms with Crippen LogP contribution in [-0.4, -0.2) is 27.4 Å². The molecule has 2 aromatic rings. The van der Waals surface area contributed by atoms with E-state index in [0.717, 1.165) is 24.9 Å². The Balaban J connectivity index is 1.83. The molecule has 1 saturated heterocycles. The number of anilines is 1. The maximum Gasteiger partial charge on any atom is 0.344 e. The van der Waals surface area contributed by atoms with Gasteiger partial charge in [0.25, 0.3) is 5.91 Å². The summed E-state index contributed by atoms with van der Waals surface area (Å²) in [6, 6.07) is 15.0. The van der Waals surface area contributed by atoms with Crippen molar-refractivity contribution in [3.05, 3.63) is 64.6 Å². The van der Waals surface area contributed by atoms with Crippen molar-refractivity contribution < 1.29 is 19.4 Å². The molecular weight excluding hydrogens is 430 g/mol. The van der Waals surface area contributed by atoms with Gasteiger partial charge in [-0.25, -0.2) is 4.79 Å². The first kappa shape index (κ1) is 23.0. The zero-order valence-corrected chi connectivity index (χ0v) is 19.2. The Bertz CT molecular complexity index is 1000. The van der Waals surface area contributed by atoms with Gasteiger partial charge in [-0.15, -0.1) is 0 Å². The largest absolute Gasteiger partial charge is 0.479 e. The number of ether oxygens (including phenoxy) is 1. The van der Waals surface area contributed by atoms with Gasteiger partial charge in [-0.3, -0.25) is 9.69 Å². The Morgan fingerprint density at radius 2 is 1.90 bits per heavy atom. The molecule has 1 N–H and O–H groups in total. The number of benzene rings is 2. The number of unbranched alkanes of at least 4 members (excludes halogenated alkanes) is 1. The molecule has 1 aliphatic heterocycles. The molecule has 1 aliphatic rings. The molecule has 2 aromatic carbocycles. The third kappa shape index (κ3) is 5.54. The van der Waals surface area contributed by atoms with Crippen molar-refractivity contribution in [3.8, 4) is 5.75 Å². The van der Waals surface area contributed by atoms with Crippen molar-refractivity contribution in [2.75, 3.05) is 4.90 Å². The van der Waals surface area contributed by atoms with Gasteiger partial charge in [0, 0.05) is 5.56 Å². The Hall–Kier alpha value is -2.64. The number of amides is 1. The third-order valence-corrected chi connectivity index (χ3v) is 6.23. The highest BCUT2D eigenvalue weighted by Gasteiger charge is 2.33. The lowest BCUT2D eigenvalue weighted by atomic mass is 10.1. The number of thiocarbonyl (C=S) groups is 1. The molecule has 1 unspecified atom stereocenters. The number of para-hydroxylation sites is 1.